The number of benzene rings is 1. The van der Waals surface area contributed by atoms with E-state index in [1.165, 1.54) is 6.20 Å². The number of nitrogens with one attached hydrogen (secondary N) is 1. The molecule has 0 aliphatic carbocycles. The third kappa shape index (κ3) is 3.10. The summed E-state index contributed by atoms with van der Waals surface area (Å²) in [5.41, 5.74) is 3.54. The zero-order valence-corrected chi connectivity index (χ0v) is 14.9. The van der Waals surface area contributed by atoms with Crippen LogP contribution in [-0.4, -0.2) is 39.9 Å². The van der Waals surface area contributed by atoms with E-state index in [1.807, 2.05) is 24.3 Å². The molecule has 0 spiro atoms. The molecule has 1 aliphatic rings. The number of ether oxygens (including phenoxy) is 1. The van der Waals surface area contributed by atoms with E-state index in [9.17, 15) is 9.59 Å². The van der Waals surface area contributed by atoms with Crippen LogP contribution in [0.5, 0.6) is 0 Å². The number of hydrogen-bond acceptors (Lipinski definition) is 4. The number of hydrogen-bond donors (Lipinski definition) is 1. The minimum atomic E-state index is -0.448. The van der Waals surface area contributed by atoms with Gasteiger partial charge in [-0.3, -0.25) is 9.78 Å². The van der Waals surface area contributed by atoms with Gasteiger partial charge in [0.1, 0.15) is 0 Å². The summed E-state index contributed by atoms with van der Waals surface area (Å²) in [5.74, 6) is -0.643. The zero-order valence-electron chi connectivity index (χ0n) is 14.9. The SMILES string of the molecule is CCOC(=O)C1=CN(C(=O)c2cccnc2)CCc2c1[nH]c1ccccc21. The van der Waals surface area contributed by atoms with Crippen LogP contribution >= 0.6 is 0 Å². The van der Waals surface area contributed by atoms with Crippen molar-refractivity contribution < 1.29 is 14.3 Å². The summed E-state index contributed by atoms with van der Waals surface area (Å²) in [4.78, 5) is 34.4. The van der Waals surface area contributed by atoms with Gasteiger partial charge >= 0.3 is 5.97 Å². The molecule has 4 rings (SSSR count). The number of aromatic amines is 1. The maximum Gasteiger partial charge on any atom is 0.341 e. The lowest BCUT2D eigenvalue weighted by Crippen LogP contribution is -2.28. The number of fused-ring (bicyclic) bond motifs is 3. The molecule has 0 unspecified atom stereocenters. The third-order valence-corrected chi connectivity index (χ3v) is 4.64. The quantitative estimate of drug-likeness (QED) is 0.727. The minimum Gasteiger partial charge on any atom is -0.462 e. The number of rotatable bonds is 3. The van der Waals surface area contributed by atoms with E-state index in [0.29, 0.717) is 24.1 Å². The Hall–Kier alpha value is -3.41. The maximum atomic E-state index is 12.9. The number of nitrogens with zero attached hydrogens (tertiary/aromatic N) is 2. The molecular weight excluding hydrogens is 342 g/mol. The molecule has 3 heterocycles. The molecule has 0 bridgehead atoms. The van der Waals surface area contributed by atoms with Crippen LogP contribution < -0.4 is 0 Å². The van der Waals surface area contributed by atoms with Gasteiger partial charge in [0.15, 0.2) is 0 Å². The fourth-order valence-electron chi connectivity index (χ4n) is 3.39. The molecule has 0 saturated heterocycles. The molecule has 0 saturated carbocycles. The Labute approximate surface area is 156 Å². The Morgan fingerprint density at radius 3 is 2.85 bits per heavy atom. The van der Waals surface area contributed by atoms with Crippen molar-refractivity contribution in [2.24, 2.45) is 0 Å². The van der Waals surface area contributed by atoms with Gasteiger partial charge in [-0.05, 0) is 37.1 Å². The molecule has 6 heteroatoms. The Morgan fingerprint density at radius 1 is 1.22 bits per heavy atom. The normalized spacial score (nSPS) is 13.7. The molecule has 2 aromatic heterocycles. The highest BCUT2D eigenvalue weighted by atomic mass is 16.5. The molecule has 3 aromatic rings. The zero-order chi connectivity index (χ0) is 18.8. The molecule has 1 aliphatic heterocycles. The highest BCUT2D eigenvalue weighted by Crippen LogP contribution is 2.31. The van der Waals surface area contributed by atoms with Crippen LogP contribution in [0.1, 0.15) is 28.5 Å². The van der Waals surface area contributed by atoms with Crippen molar-refractivity contribution in [3.8, 4) is 0 Å². The van der Waals surface area contributed by atoms with Crippen molar-refractivity contribution in [2.75, 3.05) is 13.2 Å². The van der Waals surface area contributed by atoms with E-state index in [4.69, 9.17) is 4.74 Å². The first-order chi connectivity index (χ1) is 13.2. The molecule has 27 heavy (non-hydrogen) atoms. The van der Waals surface area contributed by atoms with Gasteiger partial charge in [-0.15, -0.1) is 0 Å². The van der Waals surface area contributed by atoms with Gasteiger partial charge in [0, 0.05) is 36.0 Å². The van der Waals surface area contributed by atoms with Crippen LogP contribution in [0.2, 0.25) is 0 Å². The van der Waals surface area contributed by atoms with Crippen LogP contribution in [0.25, 0.3) is 16.5 Å². The average Bonchev–Trinajstić information content (AvgIpc) is 2.96. The van der Waals surface area contributed by atoms with Crippen molar-refractivity contribution in [1.82, 2.24) is 14.9 Å². The Balaban J connectivity index is 1.81. The summed E-state index contributed by atoms with van der Waals surface area (Å²) in [7, 11) is 0. The number of esters is 1. The summed E-state index contributed by atoms with van der Waals surface area (Å²) >= 11 is 0. The van der Waals surface area contributed by atoms with Gasteiger partial charge < -0.3 is 14.6 Å². The summed E-state index contributed by atoms with van der Waals surface area (Å²) in [5, 5.41) is 1.05. The largest absolute Gasteiger partial charge is 0.462 e. The number of aromatic nitrogens is 2. The summed E-state index contributed by atoms with van der Waals surface area (Å²) < 4.78 is 5.25. The molecular formula is C21H19N3O3. The van der Waals surface area contributed by atoms with Gasteiger partial charge in [0.05, 0.1) is 23.4 Å². The molecule has 6 nitrogen and oxygen atoms in total. The number of H-pyrrole nitrogens is 1. The topological polar surface area (TPSA) is 75.3 Å². The van der Waals surface area contributed by atoms with E-state index >= 15 is 0 Å². The van der Waals surface area contributed by atoms with Crippen molar-refractivity contribution >= 4 is 28.4 Å². The van der Waals surface area contributed by atoms with Gasteiger partial charge in [-0.2, -0.15) is 0 Å². The molecule has 136 valence electrons. The average molecular weight is 361 g/mol. The van der Waals surface area contributed by atoms with Crippen LogP contribution in [-0.2, 0) is 16.0 Å². The Bertz CT molecular complexity index is 1040. The number of carbonyl (C=O) groups excluding carboxylic acids is 2. The van der Waals surface area contributed by atoms with Crippen LogP contribution in [0.4, 0.5) is 0 Å². The summed E-state index contributed by atoms with van der Waals surface area (Å²) in [6, 6.07) is 11.3. The maximum absolute atomic E-state index is 12.9. The van der Waals surface area contributed by atoms with Crippen molar-refractivity contribution in [3.63, 3.8) is 0 Å². The third-order valence-electron chi connectivity index (χ3n) is 4.64. The highest BCUT2D eigenvalue weighted by molar-refractivity contribution is 6.18. The fourth-order valence-corrected chi connectivity index (χ4v) is 3.39. The van der Waals surface area contributed by atoms with E-state index < -0.39 is 5.97 Å². The van der Waals surface area contributed by atoms with Gasteiger partial charge in [-0.1, -0.05) is 18.2 Å². The fraction of sp³-hybridized carbons (Fsp3) is 0.190. The first kappa shape index (κ1) is 17.0. The van der Waals surface area contributed by atoms with Gasteiger partial charge in [0.25, 0.3) is 5.91 Å². The lowest BCUT2D eigenvalue weighted by atomic mass is 10.0. The molecule has 1 N–H and O–H groups in total. The highest BCUT2D eigenvalue weighted by Gasteiger charge is 2.27. The summed E-state index contributed by atoms with van der Waals surface area (Å²) in [6.45, 7) is 2.49. The number of carbonyl (C=O) groups is 2. The Kier molecular flexibility index (Phi) is 4.46. The first-order valence-corrected chi connectivity index (χ1v) is 8.89. The molecule has 0 radical (unpaired) electrons. The lowest BCUT2D eigenvalue weighted by molar-refractivity contribution is -0.136. The summed E-state index contributed by atoms with van der Waals surface area (Å²) in [6.07, 6.45) is 5.37. The van der Waals surface area contributed by atoms with E-state index in [2.05, 4.69) is 9.97 Å². The number of pyridine rings is 1. The monoisotopic (exact) mass is 361 g/mol. The van der Waals surface area contributed by atoms with E-state index in [0.717, 1.165) is 22.2 Å². The standard InChI is InChI=1S/C21H19N3O3/c1-2-27-21(26)17-13-24(20(25)14-6-5-10-22-12-14)11-9-16-15-7-3-4-8-18(15)23-19(16)17/h3-8,10,12-13,23H,2,9,11H2,1H3. The van der Waals surface area contributed by atoms with Gasteiger partial charge in [0.2, 0.25) is 0 Å². The molecule has 0 fully saturated rings. The van der Waals surface area contributed by atoms with Crippen LogP contribution in [0.3, 0.4) is 0 Å². The minimum absolute atomic E-state index is 0.195. The molecule has 1 aromatic carbocycles. The van der Waals surface area contributed by atoms with E-state index in [-0.39, 0.29) is 12.5 Å². The second-order valence-electron chi connectivity index (χ2n) is 6.28. The second kappa shape index (κ2) is 7.07. The predicted molar refractivity (Wildman–Crippen MR) is 102 cm³/mol. The molecule has 0 atom stereocenters. The predicted octanol–water partition coefficient (Wildman–Crippen LogP) is 3.17. The van der Waals surface area contributed by atoms with Crippen molar-refractivity contribution in [3.05, 3.63) is 71.8 Å². The Morgan fingerprint density at radius 2 is 2.07 bits per heavy atom. The van der Waals surface area contributed by atoms with Crippen molar-refractivity contribution in [1.29, 1.82) is 0 Å². The van der Waals surface area contributed by atoms with Crippen LogP contribution in [0, 0.1) is 0 Å². The number of amides is 1. The smallest absolute Gasteiger partial charge is 0.341 e. The van der Waals surface area contributed by atoms with Gasteiger partial charge in [-0.25, -0.2) is 4.79 Å². The number of para-hydroxylation sites is 1. The second-order valence-corrected chi connectivity index (χ2v) is 6.28. The van der Waals surface area contributed by atoms with Crippen molar-refractivity contribution in [2.45, 2.75) is 13.3 Å². The van der Waals surface area contributed by atoms with E-state index in [1.54, 1.807) is 36.4 Å². The van der Waals surface area contributed by atoms with Crippen LogP contribution in [0.15, 0.2) is 55.0 Å². The lowest BCUT2D eigenvalue weighted by Gasteiger charge is -2.17. The first-order valence-electron chi connectivity index (χ1n) is 8.89. The molecule has 1 amide bonds.